The Morgan fingerprint density at radius 2 is 2.00 bits per heavy atom. The molecule has 0 bridgehead atoms. The maximum Gasteiger partial charge on any atom is 0.262 e. The summed E-state index contributed by atoms with van der Waals surface area (Å²) in [4.78, 5) is 30.8. The molecule has 1 unspecified atom stereocenters. The maximum absolute atomic E-state index is 14.4. The van der Waals surface area contributed by atoms with Crippen molar-refractivity contribution in [3.05, 3.63) is 58.0 Å². The van der Waals surface area contributed by atoms with E-state index in [0.717, 1.165) is 18.0 Å². The van der Waals surface area contributed by atoms with Crippen molar-refractivity contribution in [2.75, 3.05) is 45.9 Å². The van der Waals surface area contributed by atoms with E-state index in [2.05, 4.69) is 10.0 Å². The third-order valence-corrected chi connectivity index (χ3v) is 6.97. The van der Waals surface area contributed by atoms with Gasteiger partial charge in [0.1, 0.15) is 12.4 Å². The van der Waals surface area contributed by atoms with Crippen molar-refractivity contribution in [3.63, 3.8) is 0 Å². The number of amides is 2. The van der Waals surface area contributed by atoms with Gasteiger partial charge in [0.25, 0.3) is 5.91 Å². The first-order valence-electron chi connectivity index (χ1n) is 11.3. The molecule has 1 saturated heterocycles. The Kier molecular flexibility index (Phi) is 7.85. The SMILES string of the molecule is CCC(=O)N(CCN1CCOCC1)CC(=O)N1N=C(c2ccccc2F)CC1c1cccs1. The van der Waals surface area contributed by atoms with Crippen LogP contribution in [0.2, 0.25) is 0 Å². The fourth-order valence-electron chi connectivity index (χ4n) is 4.14. The minimum absolute atomic E-state index is 0.0487. The van der Waals surface area contributed by atoms with Gasteiger partial charge in [-0.1, -0.05) is 31.2 Å². The van der Waals surface area contributed by atoms with Gasteiger partial charge in [0.05, 0.1) is 25.0 Å². The molecular weight excluding hydrogens is 443 g/mol. The first-order valence-corrected chi connectivity index (χ1v) is 12.2. The molecule has 1 atom stereocenters. The van der Waals surface area contributed by atoms with Crippen LogP contribution >= 0.6 is 11.3 Å². The second kappa shape index (κ2) is 11.0. The lowest BCUT2D eigenvalue weighted by atomic mass is 10.0. The maximum atomic E-state index is 14.4. The number of morpholine rings is 1. The van der Waals surface area contributed by atoms with Gasteiger partial charge in [-0.2, -0.15) is 5.10 Å². The molecule has 176 valence electrons. The molecule has 1 aromatic heterocycles. The number of hydrogen-bond donors (Lipinski definition) is 0. The zero-order chi connectivity index (χ0) is 23.2. The molecule has 7 nitrogen and oxygen atoms in total. The fourth-order valence-corrected chi connectivity index (χ4v) is 4.95. The minimum atomic E-state index is -0.358. The van der Waals surface area contributed by atoms with E-state index in [0.29, 0.717) is 50.4 Å². The number of ether oxygens (including phenoxy) is 1. The van der Waals surface area contributed by atoms with Crippen molar-refractivity contribution in [2.24, 2.45) is 5.10 Å². The number of benzene rings is 1. The monoisotopic (exact) mass is 472 g/mol. The number of thiophene rings is 1. The van der Waals surface area contributed by atoms with Gasteiger partial charge >= 0.3 is 0 Å². The molecule has 0 aliphatic carbocycles. The van der Waals surface area contributed by atoms with Crippen LogP contribution in [0, 0.1) is 5.82 Å². The lowest BCUT2D eigenvalue weighted by Gasteiger charge is -2.30. The smallest absolute Gasteiger partial charge is 0.262 e. The van der Waals surface area contributed by atoms with E-state index in [1.807, 2.05) is 17.5 Å². The summed E-state index contributed by atoms with van der Waals surface area (Å²) < 4.78 is 19.8. The van der Waals surface area contributed by atoms with Crippen LogP contribution in [0.3, 0.4) is 0 Å². The molecule has 0 saturated carbocycles. The summed E-state index contributed by atoms with van der Waals surface area (Å²) in [7, 11) is 0. The van der Waals surface area contributed by atoms with E-state index >= 15 is 0 Å². The van der Waals surface area contributed by atoms with Crippen LogP contribution in [0.1, 0.15) is 36.2 Å². The molecule has 2 aliphatic rings. The first kappa shape index (κ1) is 23.5. The van der Waals surface area contributed by atoms with Crippen molar-refractivity contribution in [1.82, 2.24) is 14.8 Å². The van der Waals surface area contributed by atoms with E-state index in [1.165, 1.54) is 11.1 Å². The molecule has 1 fully saturated rings. The minimum Gasteiger partial charge on any atom is -0.379 e. The highest BCUT2D eigenvalue weighted by molar-refractivity contribution is 7.10. The molecule has 0 spiro atoms. The van der Waals surface area contributed by atoms with Crippen molar-refractivity contribution >= 4 is 28.9 Å². The first-order chi connectivity index (χ1) is 16.1. The van der Waals surface area contributed by atoms with Crippen LogP contribution in [0.15, 0.2) is 46.9 Å². The second-order valence-corrected chi connectivity index (χ2v) is 9.10. The molecule has 2 aliphatic heterocycles. The molecule has 33 heavy (non-hydrogen) atoms. The second-order valence-electron chi connectivity index (χ2n) is 8.12. The predicted octanol–water partition coefficient (Wildman–Crippen LogP) is 3.14. The Morgan fingerprint density at radius 3 is 2.70 bits per heavy atom. The molecule has 0 radical (unpaired) electrons. The highest BCUT2D eigenvalue weighted by atomic mass is 32.1. The number of rotatable bonds is 8. The lowest BCUT2D eigenvalue weighted by molar-refractivity contribution is -0.141. The van der Waals surface area contributed by atoms with Crippen LogP contribution in [0.25, 0.3) is 0 Å². The Labute approximate surface area is 197 Å². The van der Waals surface area contributed by atoms with Gasteiger partial charge in [0, 0.05) is 49.5 Å². The average molecular weight is 473 g/mol. The molecule has 9 heteroatoms. The van der Waals surface area contributed by atoms with Gasteiger partial charge in [-0.25, -0.2) is 9.40 Å². The van der Waals surface area contributed by atoms with E-state index in [1.54, 1.807) is 41.4 Å². The summed E-state index contributed by atoms with van der Waals surface area (Å²) in [6.45, 7) is 5.94. The zero-order valence-corrected chi connectivity index (χ0v) is 19.6. The van der Waals surface area contributed by atoms with E-state index in [9.17, 15) is 14.0 Å². The number of hydrazone groups is 1. The molecule has 2 aromatic rings. The number of hydrogen-bond acceptors (Lipinski definition) is 6. The summed E-state index contributed by atoms with van der Waals surface area (Å²) in [6.07, 6.45) is 0.761. The predicted molar refractivity (Wildman–Crippen MR) is 126 cm³/mol. The number of halogens is 1. The largest absolute Gasteiger partial charge is 0.379 e. The van der Waals surface area contributed by atoms with Gasteiger partial charge in [0.2, 0.25) is 5.91 Å². The Morgan fingerprint density at radius 1 is 1.21 bits per heavy atom. The molecule has 2 amide bonds. The van der Waals surface area contributed by atoms with E-state index in [4.69, 9.17) is 4.74 Å². The van der Waals surface area contributed by atoms with Crippen molar-refractivity contribution in [1.29, 1.82) is 0 Å². The van der Waals surface area contributed by atoms with Gasteiger partial charge in [0.15, 0.2) is 0 Å². The average Bonchev–Trinajstić information content (AvgIpc) is 3.52. The van der Waals surface area contributed by atoms with Crippen molar-refractivity contribution in [2.45, 2.75) is 25.8 Å². The molecule has 4 rings (SSSR count). The van der Waals surface area contributed by atoms with Crippen molar-refractivity contribution < 1.29 is 18.7 Å². The third-order valence-electron chi connectivity index (χ3n) is 5.99. The highest BCUT2D eigenvalue weighted by Gasteiger charge is 2.35. The Balaban J connectivity index is 1.51. The fraction of sp³-hybridized carbons (Fsp3) is 0.458. The van der Waals surface area contributed by atoms with Crippen LogP contribution in [0.4, 0.5) is 4.39 Å². The van der Waals surface area contributed by atoms with E-state index < -0.39 is 0 Å². The quantitative estimate of drug-likeness (QED) is 0.592. The number of carbonyl (C=O) groups is 2. The third kappa shape index (κ3) is 5.66. The van der Waals surface area contributed by atoms with Gasteiger partial charge in [-0.05, 0) is 17.5 Å². The summed E-state index contributed by atoms with van der Waals surface area (Å²) in [5.74, 6) is -0.686. The number of nitrogens with zero attached hydrogens (tertiary/aromatic N) is 4. The highest BCUT2D eigenvalue weighted by Crippen LogP contribution is 2.35. The molecule has 1 aromatic carbocycles. The topological polar surface area (TPSA) is 65.5 Å². The van der Waals surface area contributed by atoms with Crippen LogP contribution in [-0.4, -0.2) is 78.3 Å². The van der Waals surface area contributed by atoms with Crippen LogP contribution < -0.4 is 0 Å². The Bertz CT molecular complexity index is 991. The van der Waals surface area contributed by atoms with Crippen LogP contribution in [0.5, 0.6) is 0 Å². The molecule has 3 heterocycles. The van der Waals surface area contributed by atoms with Crippen molar-refractivity contribution in [3.8, 4) is 0 Å². The normalized spacial score (nSPS) is 18.9. The molecular formula is C24H29FN4O3S. The van der Waals surface area contributed by atoms with E-state index in [-0.39, 0.29) is 30.2 Å². The van der Waals surface area contributed by atoms with Gasteiger partial charge in [-0.15, -0.1) is 11.3 Å². The standard InChI is InChI=1S/C24H29FN4O3S/c1-2-23(30)28(10-9-27-11-13-32-14-12-27)17-24(31)29-21(22-8-5-15-33-22)16-20(26-29)18-6-3-4-7-19(18)25/h3-8,15,21H,2,9-14,16-17H2,1H3. The summed E-state index contributed by atoms with van der Waals surface area (Å²) >= 11 is 1.54. The van der Waals surface area contributed by atoms with Gasteiger partial charge < -0.3 is 9.64 Å². The lowest BCUT2D eigenvalue weighted by Crippen LogP contribution is -2.46. The van der Waals surface area contributed by atoms with Crippen LogP contribution in [-0.2, 0) is 14.3 Å². The number of carbonyl (C=O) groups excluding carboxylic acids is 2. The zero-order valence-electron chi connectivity index (χ0n) is 18.8. The summed E-state index contributed by atoms with van der Waals surface area (Å²) in [5.41, 5.74) is 0.949. The Hall–Kier alpha value is -2.62. The summed E-state index contributed by atoms with van der Waals surface area (Å²) in [5, 5.41) is 7.94. The van der Waals surface area contributed by atoms with Gasteiger partial charge in [-0.3, -0.25) is 14.5 Å². The molecule has 0 N–H and O–H groups in total. The summed E-state index contributed by atoms with van der Waals surface area (Å²) in [6, 6.07) is 10.1.